The maximum absolute atomic E-state index is 12.9. The molecule has 3 aromatic carbocycles. The summed E-state index contributed by atoms with van der Waals surface area (Å²) < 4.78 is 2.90. The molecule has 0 unspecified atom stereocenters. The Hall–Kier alpha value is -3.25. The normalized spacial score (nSPS) is 11.4. The lowest BCUT2D eigenvalue weighted by Crippen LogP contribution is -2.19. The van der Waals surface area contributed by atoms with Gasteiger partial charge >= 0.3 is 0 Å². The van der Waals surface area contributed by atoms with Crippen molar-refractivity contribution in [1.82, 2.24) is 14.5 Å². The number of fused-ring (bicyclic) bond motifs is 4. The maximum Gasteiger partial charge on any atom is 0.244 e. The second-order valence-corrected chi connectivity index (χ2v) is 7.91. The minimum absolute atomic E-state index is 0.101. The number of anilines is 1. The second-order valence-electron chi connectivity index (χ2n) is 7.00. The number of nitrogens with zero attached hydrogens (tertiary/aromatic N) is 3. The Morgan fingerprint density at radius 2 is 1.72 bits per heavy atom. The standard InChI is InChI=1S/C23H17BrN4O/c1-14-6-2-3-7-17(14)25-21(29)13-28-20-11-10-15(24)12-16(20)22-23(28)27-19-9-5-4-8-18(19)26-22/h2-12H,13H2,1H3,(H,25,29). The van der Waals surface area contributed by atoms with Crippen LogP contribution in [-0.2, 0) is 11.3 Å². The van der Waals surface area contributed by atoms with Crippen molar-refractivity contribution < 1.29 is 4.79 Å². The summed E-state index contributed by atoms with van der Waals surface area (Å²) in [6.07, 6.45) is 0. The van der Waals surface area contributed by atoms with Gasteiger partial charge in [-0.3, -0.25) is 4.79 Å². The predicted octanol–water partition coefficient (Wildman–Crippen LogP) is 5.45. The molecule has 6 heteroatoms. The number of rotatable bonds is 3. The van der Waals surface area contributed by atoms with E-state index in [1.165, 1.54) is 0 Å². The number of benzene rings is 3. The molecule has 1 N–H and O–H groups in total. The number of nitrogens with one attached hydrogen (secondary N) is 1. The summed E-state index contributed by atoms with van der Waals surface area (Å²) in [5, 5.41) is 3.98. The number of amides is 1. The van der Waals surface area contributed by atoms with Crippen molar-refractivity contribution in [3.63, 3.8) is 0 Å². The first kappa shape index (κ1) is 17.8. The second kappa shape index (κ2) is 6.97. The Labute approximate surface area is 175 Å². The van der Waals surface area contributed by atoms with Crippen molar-refractivity contribution in [3.05, 3.63) is 76.8 Å². The Bertz CT molecular complexity index is 1410. The lowest BCUT2D eigenvalue weighted by molar-refractivity contribution is -0.116. The number of para-hydroxylation sites is 3. The molecule has 0 saturated heterocycles. The van der Waals surface area contributed by atoms with Gasteiger partial charge in [0.05, 0.1) is 16.6 Å². The van der Waals surface area contributed by atoms with Crippen LogP contribution in [0.25, 0.3) is 33.1 Å². The highest BCUT2D eigenvalue weighted by Crippen LogP contribution is 2.30. The van der Waals surface area contributed by atoms with Crippen molar-refractivity contribution in [3.8, 4) is 0 Å². The Balaban J connectivity index is 1.66. The SMILES string of the molecule is Cc1ccccc1NC(=O)Cn1c2ccc(Br)cc2c2nc3ccccc3nc21. The molecule has 2 aromatic heterocycles. The summed E-state index contributed by atoms with van der Waals surface area (Å²) in [6.45, 7) is 2.13. The number of aromatic nitrogens is 3. The minimum Gasteiger partial charge on any atom is -0.324 e. The quantitative estimate of drug-likeness (QED) is 0.402. The molecule has 5 rings (SSSR count). The molecule has 0 radical (unpaired) electrons. The zero-order valence-electron chi connectivity index (χ0n) is 15.7. The fraction of sp³-hybridized carbons (Fsp3) is 0.0870. The third kappa shape index (κ3) is 3.15. The van der Waals surface area contributed by atoms with Crippen LogP contribution in [0.3, 0.4) is 0 Å². The Kier molecular flexibility index (Phi) is 4.28. The predicted molar refractivity (Wildman–Crippen MR) is 120 cm³/mol. The summed E-state index contributed by atoms with van der Waals surface area (Å²) in [7, 11) is 0. The van der Waals surface area contributed by atoms with E-state index in [-0.39, 0.29) is 12.5 Å². The van der Waals surface area contributed by atoms with Gasteiger partial charge in [-0.15, -0.1) is 0 Å². The monoisotopic (exact) mass is 444 g/mol. The van der Waals surface area contributed by atoms with Gasteiger partial charge in [0.1, 0.15) is 12.1 Å². The number of aryl methyl sites for hydroxylation is 1. The first-order valence-corrected chi connectivity index (χ1v) is 10.1. The molecule has 0 bridgehead atoms. The average Bonchev–Trinajstić information content (AvgIpc) is 3.00. The van der Waals surface area contributed by atoms with Gasteiger partial charge in [-0.05, 0) is 48.9 Å². The van der Waals surface area contributed by atoms with E-state index in [0.29, 0.717) is 5.65 Å². The third-order valence-electron chi connectivity index (χ3n) is 5.03. The molecule has 0 aliphatic heterocycles. The smallest absolute Gasteiger partial charge is 0.244 e. The number of carbonyl (C=O) groups is 1. The number of halogens is 1. The zero-order chi connectivity index (χ0) is 20.0. The summed E-state index contributed by atoms with van der Waals surface area (Å²) >= 11 is 3.54. The molecule has 1 amide bonds. The van der Waals surface area contributed by atoms with Gasteiger partial charge < -0.3 is 9.88 Å². The van der Waals surface area contributed by atoms with E-state index >= 15 is 0 Å². The average molecular weight is 445 g/mol. The van der Waals surface area contributed by atoms with Crippen molar-refractivity contribution in [2.75, 3.05) is 5.32 Å². The number of hydrogen-bond acceptors (Lipinski definition) is 3. The van der Waals surface area contributed by atoms with E-state index in [1.807, 2.05) is 78.2 Å². The molecule has 5 nitrogen and oxygen atoms in total. The van der Waals surface area contributed by atoms with Crippen molar-refractivity contribution in [2.24, 2.45) is 0 Å². The minimum atomic E-state index is -0.101. The molecule has 0 fully saturated rings. The molecule has 0 atom stereocenters. The number of carbonyl (C=O) groups excluding carboxylic acids is 1. The summed E-state index contributed by atoms with van der Waals surface area (Å²) in [6, 6.07) is 21.5. The van der Waals surface area contributed by atoms with Crippen LogP contribution >= 0.6 is 15.9 Å². The van der Waals surface area contributed by atoms with E-state index in [0.717, 1.165) is 43.2 Å². The van der Waals surface area contributed by atoms with Gasteiger partial charge in [0.25, 0.3) is 0 Å². The Morgan fingerprint density at radius 3 is 2.52 bits per heavy atom. The van der Waals surface area contributed by atoms with Crippen LogP contribution in [0.4, 0.5) is 5.69 Å². The fourth-order valence-electron chi connectivity index (χ4n) is 3.61. The molecule has 0 spiro atoms. The topological polar surface area (TPSA) is 59.8 Å². The van der Waals surface area contributed by atoms with Crippen LogP contribution in [-0.4, -0.2) is 20.4 Å². The highest BCUT2D eigenvalue weighted by atomic mass is 79.9. The van der Waals surface area contributed by atoms with E-state index in [4.69, 9.17) is 9.97 Å². The fourth-order valence-corrected chi connectivity index (χ4v) is 3.97. The van der Waals surface area contributed by atoms with E-state index < -0.39 is 0 Å². The largest absolute Gasteiger partial charge is 0.324 e. The van der Waals surface area contributed by atoms with Crippen LogP contribution in [0.2, 0.25) is 0 Å². The molecule has 5 aromatic rings. The van der Waals surface area contributed by atoms with Crippen LogP contribution < -0.4 is 5.32 Å². The third-order valence-corrected chi connectivity index (χ3v) is 5.53. The van der Waals surface area contributed by atoms with Gasteiger partial charge in [-0.1, -0.05) is 46.3 Å². The highest BCUT2D eigenvalue weighted by molar-refractivity contribution is 9.10. The van der Waals surface area contributed by atoms with Crippen molar-refractivity contribution >= 4 is 60.6 Å². The molecule has 142 valence electrons. The zero-order valence-corrected chi connectivity index (χ0v) is 17.3. The molecule has 0 saturated carbocycles. The number of hydrogen-bond donors (Lipinski definition) is 1. The summed E-state index contributed by atoms with van der Waals surface area (Å²) in [4.78, 5) is 22.5. The van der Waals surface area contributed by atoms with Crippen molar-refractivity contribution in [1.29, 1.82) is 0 Å². The van der Waals surface area contributed by atoms with Crippen LogP contribution in [0, 0.1) is 6.92 Å². The van der Waals surface area contributed by atoms with E-state index in [9.17, 15) is 4.79 Å². The van der Waals surface area contributed by atoms with Crippen LogP contribution in [0.15, 0.2) is 71.2 Å². The first-order valence-electron chi connectivity index (χ1n) is 9.30. The van der Waals surface area contributed by atoms with E-state index in [1.54, 1.807) is 0 Å². The van der Waals surface area contributed by atoms with Crippen LogP contribution in [0.1, 0.15) is 5.56 Å². The first-order chi connectivity index (χ1) is 14.1. The van der Waals surface area contributed by atoms with Crippen LogP contribution in [0.5, 0.6) is 0 Å². The summed E-state index contributed by atoms with van der Waals surface area (Å²) in [5.74, 6) is -0.101. The van der Waals surface area contributed by atoms with E-state index in [2.05, 4.69) is 21.2 Å². The van der Waals surface area contributed by atoms with Gasteiger partial charge in [0.15, 0.2) is 5.65 Å². The van der Waals surface area contributed by atoms with Gasteiger partial charge in [-0.25, -0.2) is 9.97 Å². The Morgan fingerprint density at radius 1 is 1.00 bits per heavy atom. The highest BCUT2D eigenvalue weighted by Gasteiger charge is 2.17. The molecule has 2 heterocycles. The molecular formula is C23H17BrN4O. The molecule has 0 aliphatic rings. The lowest BCUT2D eigenvalue weighted by Gasteiger charge is -2.10. The van der Waals surface area contributed by atoms with Gasteiger partial charge in [0.2, 0.25) is 5.91 Å². The molecule has 0 aliphatic carbocycles. The van der Waals surface area contributed by atoms with Crippen molar-refractivity contribution in [2.45, 2.75) is 13.5 Å². The molecule has 29 heavy (non-hydrogen) atoms. The van der Waals surface area contributed by atoms with Gasteiger partial charge in [-0.2, -0.15) is 0 Å². The van der Waals surface area contributed by atoms with Gasteiger partial charge in [0, 0.05) is 15.5 Å². The molecular weight excluding hydrogens is 428 g/mol. The summed E-state index contributed by atoms with van der Waals surface area (Å²) in [5.41, 5.74) is 5.92. The maximum atomic E-state index is 12.9. The lowest BCUT2D eigenvalue weighted by atomic mass is 10.2.